The van der Waals surface area contributed by atoms with Crippen LogP contribution in [0.1, 0.15) is 44.9 Å². The van der Waals surface area contributed by atoms with Crippen LogP contribution in [0.2, 0.25) is 0 Å². The SMILES string of the molecule is O=C(O)C1CCCC(NC(=O)C2CC(=O)N(C3CC3)C2)C1. The molecule has 1 saturated heterocycles. The van der Waals surface area contributed by atoms with Crippen LogP contribution in [0.5, 0.6) is 0 Å². The minimum atomic E-state index is -0.773. The summed E-state index contributed by atoms with van der Waals surface area (Å²) in [5, 5.41) is 12.0. The molecular formula is C15H22N2O4. The van der Waals surface area contributed by atoms with E-state index in [-0.39, 0.29) is 29.7 Å². The summed E-state index contributed by atoms with van der Waals surface area (Å²) in [5.41, 5.74) is 0. The Morgan fingerprint density at radius 3 is 2.57 bits per heavy atom. The van der Waals surface area contributed by atoms with Crippen molar-refractivity contribution in [2.75, 3.05) is 6.54 Å². The van der Waals surface area contributed by atoms with Gasteiger partial charge < -0.3 is 15.3 Å². The van der Waals surface area contributed by atoms with Gasteiger partial charge in [0.1, 0.15) is 0 Å². The van der Waals surface area contributed by atoms with Crippen molar-refractivity contribution in [2.24, 2.45) is 11.8 Å². The second-order valence-electron chi connectivity index (χ2n) is 6.59. The fourth-order valence-corrected chi connectivity index (χ4v) is 3.51. The first-order valence-corrected chi connectivity index (χ1v) is 7.87. The van der Waals surface area contributed by atoms with E-state index in [1.54, 1.807) is 0 Å². The maximum Gasteiger partial charge on any atom is 0.306 e. The average Bonchev–Trinajstić information content (AvgIpc) is 3.22. The lowest BCUT2D eigenvalue weighted by Gasteiger charge is -2.28. The summed E-state index contributed by atoms with van der Waals surface area (Å²) in [6.07, 6.45) is 5.29. The van der Waals surface area contributed by atoms with Crippen molar-refractivity contribution < 1.29 is 19.5 Å². The lowest BCUT2D eigenvalue weighted by atomic mass is 9.85. The third-order valence-corrected chi connectivity index (χ3v) is 4.89. The number of hydrogen-bond donors (Lipinski definition) is 2. The van der Waals surface area contributed by atoms with Crippen molar-refractivity contribution in [3.63, 3.8) is 0 Å². The highest BCUT2D eigenvalue weighted by atomic mass is 16.4. The van der Waals surface area contributed by atoms with Crippen LogP contribution in [0.25, 0.3) is 0 Å². The van der Waals surface area contributed by atoms with E-state index in [9.17, 15) is 14.4 Å². The van der Waals surface area contributed by atoms with E-state index in [1.165, 1.54) is 0 Å². The summed E-state index contributed by atoms with van der Waals surface area (Å²) in [7, 11) is 0. The standard InChI is InChI=1S/C15H22N2O4/c18-13-7-10(8-17(13)12-4-5-12)14(19)16-11-3-1-2-9(6-11)15(20)21/h9-12H,1-8H2,(H,16,19)(H,20,21). The molecule has 0 spiro atoms. The molecule has 0 radical (unpaired) electrons. The fraction of sp³-hybridized carbons (Fsp3) is 0.800. The van der Waals surface area contributed by atoms with Crippen molar-refractivity contribution in [2.45, 2.75) is 57.0 Å². The van der Waals surface area contributed by atoms with Gasteiger partial charge in [-0.15, -0.1) is 0 Å². The molecule has 0 bridgehead atoms. The van der Waals surface area contributed by atoms with Gasteiger partial charge in [-0.2, -0.15) is 0 Å². The molecule has 116 valence electrons. The second-order valence-corrected chi connectivity index (χ2v) is 6.59. The highest BCUT2D eigenvalue weighted by Crippen LogP contribution is 2.33. The molecule has 2 amide bonds. The first kappa shape index (κ1) is 14.4. The highest BCUT2D eigenvalue weighted by Gasteiger charge is 2.42. The molecular weight excluding hydrogens is 272 g/mol. The van der Waals surface area contributed by atoms with Gasteiger partial charge in [0.05, 0.1) is 11.8 Å². The van der Waals surface area contributed by atoms with E-state index in [0.717, 1.165) is 25.7 Å². The molecule has 1 aliphatic heterocycles. The van der Waals surface area contributed by atoms with Crippen molar-refractivity contribution in [1.29, 1.82) is 0 Å². The summed E-state index contributed by atoms with van der Waals surface area (Å²) in [4.78, 5) is 37.0. The van der Waals surface area contributed by atoms with Crippen LogP contribution in [0.15, 0.2) is 0 Å². The van der Waals surface area contributed by atoms with Crippen LogP contribution >= 0.6 is 0 Å². The monoisotopic (exact) mass is 294 g/mol. The number of carbonyl (C=O) groups excluding carboxylic acids is 2. The normalized spacial score (nSPS) is 33.0. The molecule has 6 heteroatoms. The summed E-state index contributed by atoms with van der Waals surface area (Å²) in [6, 6.07) is 0.304. The van der Waals surface area contributed by atoms with E-state index in [2.05, 4.69) is 5.32 Å². The molecule has 0 aromatic rings. The summed E-state index contributed by atoms with van der Waals surface area (Å²) < 4.78 is 0. The lowest BCUT2D eigenvalue weighted by molar-refractivity contribution is -0.143. The van der Waals surface area contributed by atoms with E-state index >= 15 is 0 Å². The number of hydrogen-bond acceptors (Lipinski definition) is 3. The molecule has 2 N–H and O–H groups in total. The molecule has 3 rings (SSSR count). The predicted octanol–water partition coefficient (Wildman–Crippen LogP) is 0.757. The number of rotatable bonds is 4. The van der Waals surface area contributed by atoms with Gasteiger partial charge in [-0.1, -0.05) is 6.42 Å². The number of carbonyl (C=O) groups is 3. The number of likely N-dealkylation sites (tertiary alicyclic amines) is 1. The quantitative estimate of drug-likeness (QED) is 0.801. The van der Waals surface area contributed by atoms with Gasteiger partial charge in [0.15, 0.2) is 0 Å². The molecule has 2 aliphatic carbocycles. The third-order valence-electron chi connectivity index (χ3n) is 4.89. The van der Waals surface area contributed by atoms with Crippen molar-refractivity contribution in [3.05, 3.63) is 0 Å². The number of carboxylic acids is 1. The zero-order chi connectivity index (χ0) is 15.0. The first-order valence-electron chi connectivity index (χ1n) is 7.87. The Balaban J connectivity index is 1.52. The molecule has 0 aromatic heterocycles. The number of nitrogens with zero attached hydrogens (tertiary/aromatic N) is 1. The van der Waals surface area contributed by atoms with Gasteiger partial charge in [0, 0.05) is 25.0 Å². The first-order chi connectivity index (χ1) is 10.0. The Morgan fingerprint density at radius 2 is 1.90 bits per heavy atom. The van der Waals surface area contributed by atoms with Gasteiger partial charge in [-0.3, -0.25) is 14.4 Å². The average molecular weight is 294 g/mol. The zero-order valence-corrected chi connectivity index (χ0v) is 12.1. The van der Waals surface area contributed by atoms with Gasteiger partial charge in [-0.25, -0.2) is 0 Å². The van der Waals surface area contributed by atoms with Crippen LogP contribution in [0, 0.1) is 11.8 Å². The number of nitrogens with one attached hydrogen (secondary N) is 1. The maximum atomic E-state index is 12.3. The van der Waals surface area contributed by atoms with Gasteiger partial charge in [-0.05, 0) is 32.1 Å². The van der Waals surface area contributed by atoms with Crippen LogP contribution in [0.3, 0.4) is 0 Å². The van der Waals surface area contributed by atoms with E-state index in [1.807, 2.05) is 4.90 Å². The molecule has 2 saturated carbocycles. The zero-order valence-electron chi connectivity index (χ0n) is 12.1. The maximum absolute atomic E-state index is 12.3. The largest absolute Gasteiger partial charge is 0.481 e. The van der Waals surface area contributed by atoms with Gasteiger partial charge in [0.2, 0.25) is 11.8 Å². The van der Waals surface area contributed by atoms with Crippen LogP contribution < -0.4 is 5.32 Å². The van der Waals surface area contributed by atoms with Gasteiger partial charge >= 0.3 is 5.97 Å². The lowest BCUT2D eigenvalue weighted by Crippen LogP contribution is -2.43. The topological polar surface area (TPSA) is 86.7 Å². The minimum Gasteiger partial charge on any atom is -0.481 e. The highest BCUT2D eigenvalue weighted by molar-refractivity contribution is 5.89. The Bertz CT molecular complexity index is 461. The Labute approximate surface area is 123 Å². The summed E-state index contributed by atoms with van der Waals surface area (Å²) >= 11 is 0. The van der Waals surface area contributed by atoms with E-state index < -0.39 is 5.97 Å². The number of carboxylic acid groups (broad SMARTS) is 1. The number of aliphatic carboxylic acids is 1. The Morgan fingerprint density at radius 1 is 1.14 bits per heavy atom. The van der Waals surface area contributed by atoms with Crippen LogP contribution in [-0.2, 0) is 14.4 Å². The van der Waals surface area contributed by atoms with E-state index in [0.29, 0.717) is 31.8 Å². The molecule has 3 atom stereocenters. The third kappa shape index (κ3) is 3.19. The molecule has 6 nitrogen and oxygen atoms in total. The van der Waals surface area contributed by atoms with Crippen molar-refractivity contribution in [1.82, 2.24) is 10.2 Å². The van der Waals surface area contributed by atoms with Gasteiger partial charge in [0.25, 0.3) is 0 Å². The number of amides is 2. The smallest absolute Gasteiger partial charge is 0.306 e. The Hall–Kier alpha value is -1.59. The van der Waals surface area contributed by atoms with Crippen LogP contribution in [0.4, 0.5) is 0 Å². The minimum absolute atomic E-state index is 0.0579. The fourth-order valence-electron chi connectivity index (χ4n) is 3.51. The second kappa shape index (κ2) is 5.66. The van der Waals surface area contributed by atoms with Crippen molar-refractivity contribution >= 4 is 17.8 Å². The predicted molar refractivity (Wildman–Crippen MR) is 74.4 cm³/mol. The van der Waals surface area contributed by atoms with Crippen molar-refractivity contribution in [3.8, 4) is 0 Å². The Kier molecular flexibility index (Phi) is 3.87. The van der Waals surface area contributed by atoms with E-state index in [4.69, 9.17) is 5.11 Å². The van der Waals surface area contributed by atoms with Crippen LogP contribution in [-0.4, -0.2) is 46.4 Å². The molecule has 3 unspecified atom stereocenters. The molecule has 21 heavy (non-hydrogen) atoms. The molecule has 3 fully saturated rings. The molecule has 0 aromatic carbocycles. The molecule has 3 aliphatic rings. The summed E-state index contributed by atoms with van der Waals surface area (Å²) in [5.74, 6) is -1.38. The molecule has 1 heterocycles. The summed E-state index contributed by atoms with van der Waals surface area (Å²) in [6.45, 7) is 0.532.